The lowest BCUT2D eigenvalue weighted by Crippen LogP contribution is -2.57. The van der Waals surface area contributed by atoms with Crippen LogP contribution in [0.5, 0.6) is 0 Å². The van der Waals surface area contributed by atoms with Crippen molar-refractivity contribution in [3.63, 3.8) is 0 Å². The van der Waals surface area contributed by atoms with E-state index in [0.29, 0.717) is 25.7 Å². The number of carbonyl (C=O) groups is 1. The molecule has 2 aliphatic heterocycles. The zero-order valence-corrected chi connectivity index (χ0v) is 19.5. The Morgan fingerprint density at radius 3 is 2.41 bits per heavy atom. The largest absolute Gasteiger partial charge is 0.450 e. The second kappa shape index (κ2) is 11.9. The Labute approximate surface area is 180 Å². The number of morpholine rings is 1. The Morgan fingerprint density at radius 1 is 1.22 bits per heavy atom. The van der Waals surface area contributed by atoms with Gasteiger partial charge in [0.1, 0.15) is 0 Å². The number of likely N-dealkylation sites (tertiary alicyclic amines) is 1. The zero-order chi connectivity index (χ0) is 19.0. The number of halogens is 1. The first-order valence-electron chi connectivity index (χ1n) is 9.68. The second-order valence-corrected chi connectivity index (χ2v) is 7.44. The van der Waals surface area contributed by atoms with Crippen LogP contribution in [0.4, 0.5) is 4.79 Å². The van der Waals surface area contributed by atoms with Gasteiger partial charge in [0.05, 0.1) is 19.8 Å². The summed E-state index contributed by atoms with van der Waals surface area (Å²) in [4.78, 5) is 20.4. The summed E-state index contributed by atoms with van der Waals surface area (Å²) in [6.45, 7) is 12.5. The van der Waals surface area contributed by atoms with E-state index >= 15 is 0 Å². The molecule has 9 heteroatoms. The average Bonchev–Trinajstić information content (AvgIpc) is 2.66. The SMILES string of the molecule is CCOC(=O)N1CCC(NC(=NC)NCC(C)(C)N2CCOCC2)CC1.I. The first kappa shape index (κ1) is 24.2. The molecule has 2 N–H and O–H groups in total. The molecule has 0 aliphatic carbocycles. The lowest BCUT2D eigenvalue weighted by Gasteiger charge is -2.41. The van der Waals surface area contributed by atoms with Gasteiger partial charge in [0, 0.05) is 51.4 Å². The summed E-state index contributed by atoms with van der Waals surface area (Å²) in [7, 11) is 1.80. The molecule has 8 nitrogen and oxygen atoms in total. The van der Waals surface area contributed by atoms with Gasteiger partial charge in [-0.3, -0.25) is 9.89 Å². The number of piperidine rings is 1. The molecule has 0 atom stereocenters. The number of hydrogen-bond acceptors (Lipinski definition) is 5. The molecule has 27 heavy (non-hydrogen) atoms. The number of carbonyl (C=O) groups excluding carboxylic acids is 1. The van der Waals surface area contributed by atoms with Crippen LogP contribution >= 0.6 is 24.0 Å². The predicted molar refractivity (Wildman–Crippen MR) is 118 cm³/mol. The van der Waals surface area contributed by atoms with E-state index < -0.39 is 0 Å². The number of nitrogens with zero attached hydrogens (tertiary/aromatic N) is 3. The van der Waals surface area contributed by atoms with Crippen LogP contribution < -0.4 is 10.6 Å². The van der Waals surface area contributed by atoms with Crippen molar-refractivity contribution >= 4 is 36.0 Å². The van der Waals surface area contributed by atoms with Gasteiger partial charge in [-0.1, -0.05) is 0 Å². The Morgan fingerprint density at radius 2 is 1.85 bits per heavy atom. The molecule has 0 radical (unpaired) electrons. The fourth-order valence-corrected chi connectivity index (χ4v) is 3.39. The van der Waals surface area contributed by atoms with Crippen LogP contribution in [0.3, 0.4) is 0 Å². The zero-order valence-electron chi connectivity index (χ0n) is 17.1. The fourth-order valence-electron chi connectivity index (χ4n) is 3.39. The number of ether oxygens (including phenoxy) is 2. The number of nitrogens with one attached hydrogen (secondary N) is 2. The highest BCUT2D eigenvalue weighted by molar-refractivity contribution is 14.0. The molecule has 0 spiro atoms. The van der Waals surface area contributed by atoms with Crippen molar-refractivity contribution < 1.29 is 14.3 Å². The van der Waals surface area contributed by atoms with Gasteiger partial charge < -0.3 is 25.0 Å². The monoisotopic (exact) mass is 497 g/mol. The predicted octanol–water partition coefficient (Wildman–Crippen LogP) is 1.50. The lowest BCUT2D eigenvalue weighted by molar-refractivity contribution is -0.00835. The standard InChI is InChI=1S/C18H35N5O3.HI/c1-5-26-17(24)22-8-6-15(7-9-22)21-16(19-4)20-14-18(2,3)23-10-12-25-13-11-23;/h15H,5-14H2,1-4H3,(H2,19,20,21);1H. The quantitative estimate of drug-likeness (QED) is 0.341. The highest BCUT2D eigenvalue weighted by atomic mass is 127. The molecule has 0 aromatic rings. The molecule has 2 aliphatic rings. The third-order valence-corrected chi connectivity index (χ3v) is 5.14. The van der Waals surface area contributed by atoms with E-state index in [2.05, 4.69) is 34.4 Å². The summed E-state index contributed by atoms with van der Waals surface area (Å²) in [6.07, 6.45) is 1.58. The molecule has 0 aromatic carbocycles. The van der Waals surface area contributed by atoms with Crippen molar-refractivity contribution in [2.24, 2.45) is 4.99 Å². The lowest BCUT2D eigenvalue weighted by atomic mass is 10.0. The van der Waals surface area contributed by atoms with E-state index in [4.69, 9.17) is 9.47 Å². The van der Waals surface area contributed by atoms with E-state index in [-0.39, 0.29) is 35.6 Å². The third kappa shape index (κ3) is 7.61. The third-order valence-electron chi connectivity index (χ3n) is 5.14. The highest BCUT2D eigenvalue weighted by Crippen LogP contribution is 2.15. The van der Waals surface area contributed by atoms with E-state index in [9.17, 15) is 4.79 Å². The molecule has 2 rings (SSSR count). The van der Waals surface area contributed by atoms with E-state index in [1.807, 2.05) is 6.92 Å². The highest BCUT2D eigenvalue weighted by Gasteiger charge is 2.29. The second-order valence-electron chi connectivity index (χ2n) is 7.44. The van der Waals surface area contributed by atoms with E-state index in [0.717, 1.165) is 51.6 Å². The van der Waals surface area contributed by atoms with Crippen molar-refractivity contribution in [2.75, 3.05) is 59.6 Å². The van der Waals surface area contributed by atoms with Crippen LogP contribution in [-0.2, 0) is 9.47 Å². The number of rotatable bonds is 5. The van der Waals surface area contributed by atoms with Crippen LogP contribution in [0, 0.1) is 0 Å². The van der Waals surface area contributed by atoms with Gasteiger partial charge in [-0.25, -0.2) is 4.79 Å². The number of amides is 1. The van der Waals surface area contributed by atoms with Crippen LogP contribution in [0.2, 0.25) is 0 Å². The molecule has 0 unspecified atom stereocenters. The number of aliphatic imine (C=N–C) groups is 1. The van der Waals surface area contributed by atoms with Crippen LogP contribution in [0.15, 0.2) is 4.99 Å². The van der Waals surface area contributed by atoms with Crippen molar-refractivity contribution in [3.8, 4) is 0 Å². The minimum absolute atomic E-state index is 0. The molecule has 0 saturated carbocycles. The maximum atomic E-state index is 11.8. The van der Waals surface area contributed by atoms with Gasteiger partial charge in [-0.15, -0.1) is 24.0 Å². The maximum absolute atomic E-state index is 11.8. The molecule has 0 aromatic heterocycles. The van der Waals surface area contributed by atoms with Gasteiger partial charge in [0.2, 0.25) is 0 Å². The minimum atomic E-state index is -0.208. The first-order chi connectivity index (χ1) is 12.5. The van der Waals surface area contributed by atoms with Gasteiger partial charge in [0.15, 0.2) is 5.96 Å². The maximum Gasteiger partial charge on any atom is 0.409 e. The smallest absolute Gasteiger partial charge is 0.409 e. The van der Waals surface area contributed by atoms with Gasteiger partial charge >= 0.3 is 6.09 Å². The first-order valence-corrected chi connectivity index (χ1v) is 9.68. The summed E-state index contributed by atoms with van der Waals surface area (Å²) in [5, 5.41) is 6.95. The summed E-state index contributed by atoms with van der Waals surface area (Å²) < 4.78 is 10.5. The molecular formula is C18H36IN5O3. The summed E-state index contributed by atoms with van der Waals surface area (Å²) in [6, 6.07) is 0.318. The fraction of sp³-hybridized carbons (Fsp3) is 0.889. The topological polar surface area (TPSA) is 78.4 Å². The van der Waals surface area contributed by atoms with E-state index in [1.165, 1.54) is 0 Å². The number of hydrogen-bond donors (Lipinski definition) is 2. The average molecular weight is 497 g/mol. The minimum Gasteiger partial charge on any atom is -0.450 e. The van der Waals surface area contributed by atoms with Crippen molar-refractivity contribution in [1.82, 2.24) is 20.4 Å². The van der Waals surface area contributed by atoms with Crippen LogP contribution in [-0.4, -0.2) is 93.0 Å². The van der Waals surface area contributed by atoms with Gasteiger partial charge in [-0.05, 0) is 33.6 Å². The van der Waals surface area contributed by atoms with Crippen molar-refractivity contribution in [3.05, 3.63) is 0 Å². The van der Waals surface area contributed by atoms with Crippen LogP contribution in [0.25, 0.3) is 0 Å². The Balaban J connectivity index is 0.00000364. The molecule has 2 fully saturated rings. The molecule has 158 valence electrons. The Bertz CT molecular complexity index is 476. The summed E-state index contributed by atoms with van der Waals surface area (Å²) in [5.74, 6) is 0.820. The van der Waals surface area contributed by atoms with E-state index in [1.54, 1.807) is 11.9 Å². The van der Waals surface area contributed by atoms with Gasteiger partial charge in [-0.2, -0.15) is 0 Å². The van der Waals surface area contributed by atoms with Crippen molar-refractivity contribution in [1.29, 1.82) is 0 Å². The molecule has 0 bridgehead atoms. The van der Waals surface area contributed by atoms with Gasteiger partial charge in [0.25, 0.3) is 0 Å². The Hall–Kier alpha value is -0.810. The number of guanidine groups is 1. The summed E-state index contributed by atoms with van der Waals surface area (Å²) >= 11 is 0. The molecule has 2 heterocycles. The molecular weight excluding hydrogens is 461 g/mol. The normalized spacial score (nSPS) is 20.0. The Kier molecular flexibility index (Phi) is 10.7. The molecule has 2 saturated heterocycles. The summed E-state index contributed by atoms with van der Waals surface area (Å²) in [5.41, 5.74) is 0.0364. The molecule has 1 amide bonds. The van der Waals surface area contributed by atoms with Crippen molar-refractivity contribution in [2.45, 2.75) is 45.2 Å². The van der Waals surface area contributed by atoms with Crippen LogP contribution in [0.1, 0.15) is 33.6 Å².